The van der Waals surface area contributed by atoms with Gasteiger partial charge in [0, 0.05) is 40.7 Å². The van der Waals surface area contributed by atoms with Gasteiger partial charge in [0.2, 0.25) is 5.91 Å². The zero-order chi connectivity index (χ0) is 36.1. The lowest BCUT2D eigenvalue weighted by molar-refractivity contribution is 0.00578. The monoisotopic (exact) mass is 675 g/mol. The van der Waals surface area contributed by atoms with Gasteiger partial charge in [0.25, 0.3) is 11.8 Å². The first-order valence-electron chi connectivity index (χ1n) is 16.0. The van der Waals surface area contributed by atoms with E-state index in [0.29, 0.717) is 11.1 Å². The molecule has 2 aliphatic heterocycles. The van der Waals surface area contributed by atoms with Crippen LogP contribution in [0.3, 0.4) is 0 Å². The second-order valence-electron chi connectivity index (χ2n) is 14.4. The normalized spacial score (nSPS) is 18.7. The maximum atomic E-state index is 15.1. The third-order valence-corrected chi connectivity index (χ3v) is 9.78. The summed E-state index contributed by atoms with van der Waals surface area (Å²) in [5.74, 6) is -3.11. The summed E-state index contributed by atoms with van der Waals surface area (Å²) in [4.78, 5) is 38.0. The molecule has 0 atom stereocenters. The molecule has 3 amide bonds. The number of rotatable bonds is 9. The standard InChI is InChI=1S/C35H41B2F2N3O7/c1-32(2)33(3,4)47-36(46-32)25-11-9-22(16-27(25)38)30(44)41-18-20-13-21(15-24(14-20)29(40)43)19-42-31(45)23-10-12-26(28(39)17-23)37-48-34(5,6)35(7,8)49-37/h9-17H,18-19H2,1-8H3,(H2,40,43)(H,41,44)(H,42,45). The predicted molar refractivity (Wildman–Crippen MR) is 182 cm³/mol. The van der Waals surface area contributed by atoms with E-state index in [2.05, 4.69) is 10.6 Å². The van der Waals surface area contributed by atoms with Gasteiger partial charge in [-0.3, -0.25) is 14.4 Å². The molecule has 10 nitrogen and oxygen atoms in total. The zero-order valence-electron chi connectivity index (χ0n) is 29.0. The van der Waals surface area contributed by atoms with Crippen molar-refractivity contribution in [2.45, 2.75) is 90.9 Å². The molecule has 4 N–H and O–H groups in total. The van der Waals surface area contributed by atoms with Crippen molar-refractivity contribution in [1.29, 1.82) is 0 Å². The maximum absolute atomic E-state index is 15.1. The molecular weight excluding hydrogens is 634 g/mol. The summed E-state index contributed by atoms with van der Waals surface area (Å²) < 4.78 is 53.9. The zero-order valence-corrected chi connectivity index (χ0v) is 29.0. The van der Waals surface area contributed by atoms with E-state index in [9.17, 15) is 14.4 Å². The molecule has 3 aromatic rings. The second kappa shape index (κ2) is 13.0. The highest BCUT2D eigenvalue weighted by molar-refractivity contribution is 6.62. The van der Waals surface area contributed by atoms with E-state index in [-0.39, 0.29) is 40.7 Å². The average Bonchev–Trinajstić information content (AvgIpc) is 3.37. The van der Waals surface area contributed by atoms with Crippen molar-refractivity contribution in [2.75, 3.05) is 0 Å². The first-order valence-corrected chi connectivity index (χ1v) is 16.0. The number of hydrogen-bond donors (Lipinski definition) is 3. The number of carbonyl (C=O) groups is 3. The first-order chi connectivity index (χ1) is 22.7. The van der Waals surface area contributed by atoms with E-state index in [1.165, 1.54) is 36.4 Å². The van der Waals surface area contributed by atoms with E-state index in [4.69, 9.17) is 24.4 Å². The number of amides is 3. The highest BCUT2D eigenvalue weighted by Crippen LogP contribution is 2.37. The number of nitrogens with two attached hydrogens (primary N) is 1. The average molecular weight is 675 g/mol. The minimum atomic E-state index is -0.919. The fraction of sp³-hybridized carbons (Fsp3) is 0.400. The Balaban J connectivity index is 1.22. The molecule has 5 rings (SSSR count). The van der Waals surface area contributed by atoms with Gasteiger partial charge in [-0.05, 0) is 103 Å². The van der Waals surface area contributed by atoms with Crippen LogP contribution in [0, 0.1) is 11.6 Å². The summed E-state index contributed by atoms with van der Waals surface area (Å²) in [6.45, 7) is 14.9. The van der Waals surface area contributed by atoms with Gasteiger partial charge >= 0.3 is 14.2 Å². The summed E-state index contributed by atoms with van der Waals surface area (Å²) in [5, 5.41) is 5.43. The summed E-state index contributed by atoms with van der Waals surface area (Å²) in [6, 6.07) is 12.8. The molecule has 0 radical (unpaired) electrons. The molecule has 2 fully saturated rings. The van der Waals surface area contributed by atoms with Gasteiger partial charge in [0.1, 0.15) is 11.6 Å². The first kappa shape index (κ1) is 36.2. The second-order valence-corrected chi connectivity index (χ2v) is 14.4. The smallest absolute Gasteiger partial charge is 0.399 e. The van der Waals surface area contributed by atoms with Crippen LogP contribution >= 0.6 is 0 Å². The van der Waals surface area contributed by atoms with Crippen molar-refractivity contribution in [2.24, 2.45) is 5.73 Å². The highest BCUT2D eigenvalue weighted by Gasteiger charge is 2.53. The molecule has 0 saturated carbocycles. The van der Waals surface area contributed by atoms with Crippen molar-refractivity contribution < 1.29 is 41.8 Å². The van der Waals surface area contributed by atoms with Crippen LogP contribution in [0.1, 0.15) is 97.6 Å². The van der Waals surface area contributed by atoms with Gasteiger partial charge in [-0.25, -0.2) is 8.78 Å². The van der Waals surface area contributed by atoms with Gasteiger partial charge in [-0.15, -0.1) is 0 Å². The van der Waals surface area contributed by atoms with Crippen LogP contribution in [-0.2, 0) is 31.7 Å². The summed E-state index contributed by atoms with van der Waals surface area (Å²) in [5.41, 5.74) is 4.63. The molecule has 2 saturated heterocycles. The van der Waals surface area contributed by atoms with E-state index in [1.807, 2.05) is 55.4 Å². The molecule has 2 aliphatic rings. The van der Waals surface area contributed by atoms with Crippen molar-refractivity contribution in [3.63, 3.8) is 0 Å². The van der Waals surface area contributed by atoms with Crippen molar-refractivity contribution >= 4 is 42.9 Å². The Hall–Kier alpha value is -4.10. The lowest BCUT2D eigenvalue weighted by Crippen LogP contribution is -2.41. The summed E-state index contributed by atoms with van der Waals surface area (Å²) in [7, 11) is -1.84. The van der Waals surface area contributed by atoms with E-state index in [0.717, 1.165) is 12.1 Å². The van der Waals surface area contributed by atoms with Gasteiger partial charge < -0.3 is 35.0 Å². The maximum Gasteiger partial charge on any atom is 0.497 e. The molecule has 0 unspecified atom stereocenters. The predicted octanol–water partition coefficient (Wildman–Crippen LogP) is 3.52. The molecule has 0 aliphatic carbocycles. The Morgan fingerprint density at radius 1 is 0.592 bits per heavy atom. The number of hydrogen-bond acceptors (Lipinski definition) is 7. The third kappa shape index (κ3) is 7.42. The number of carbonyl (C=O) groups excluding carboxylic acids is 3. The molecule has 49 heavy (non-hydrogen) atoms. The van der Waals surface area contributed by atoms with Crippen LogP contribution in [0.5, 0.6) is 0 Å². The van der Waals surface area contributed by atoms with Gasteiger partial charge in [0.15, 0.2) is 0 Å². The van der Waals surface area contributed by atoms with Crippen LogP contribution < -0.4 is 27.3 Å². The van der Waals surface area contributed by atoms with E-state index in [1.54, 1.807) is 6.07 Å². The molecule has 0 aromatic heterocycles. The quantitative estimate of drug-likeness (QED) is 0.295. The Morgan fingerprint density at radius 3 is 1.24 bits per heavy atom. The Labute approximate surface area is 285 Å². The molecule has 0 spiro atoms. The van der Waals surface area contributed by atoms with E-state index < -0.39 is 66.0 Å². The SMILES string of the molecule is CC1(C)OB(c2ccc(C(=O)NCc3cc(CNC(=O)c4ccc(B5OC(C)(C)C(C)(C)O5)c(F)c4)cc(C(N)=O)c3)cc2F)OC1(C)C. The van der Waals surface area contributed by atoms with Crippen molar-refractivity contribution in [1.82, 2.24) is 10.6 Å². The molecule has 258 valence electrons. The summed E-state index contributed by atoms with van der Waals surface area (Å²) in [6.07, 6.45) is 0. The minimum absolute atomic E-state index is 0.0207. The fourth-order valence-corrected chi connectivity index (χ4v) is 5.34. The Bertz CT molecular complexity index is 1660. The van der Waals surface area contributed by atoms with Crippen LogP contribution in [0.4, 0.5) is 8.78 Å². The van der Waals surface area contributed by atoms with E-state index >= 15 is 8.78 Å². The number of halogens is 2. The molecule has 0 bridgehead atoms. The molecule has 14 heteroatoms. The third-order valence-electron chi connectivity index (χ3n) is 9.78. The van der Waals surface area contributed by atoms with Crippen LogP contribution in [0.25, 0.3) is 0 Å². The largest absolute Gasteiger partial charge is 0.497 e. The fourth-order valence-electron chi connectivity index (χ4n) is 5.34. The molecule has 2 heterocycles. The van der Waals surface area contributed by atoms with Crippen LogP contribution in [0.2, 0.25) is 0 Å². The Kier molecular flexibility index (Phi) is 9.58. The van der Waals surface area contributed by atoms with Crippen LogP contribution in [-0.4, -0.2) is 54.4 Å². The number of primary amides is 1. The van der Waals surface area contributed by atoms with Gasteiger partial charge in [0.05, 0.1) is 22.4 Å². The summed E-state index contributed by atoms with van der Waals surface area (Å²) >= 11 is 0. The lowest BCUT2D eigenvalue weighted by atomic mass is 9.78. The minimum Gasteiger partial charge on any atom is -0.399 e. The van der Waals surface area contributed by atoms with Gasteiger partial charge in [-0.2, -0.15) is 0 Å². The van der Waals surface area contributed by atoms with Crippen molar-refractivity contribution in [3.8, 4) is 0 Å². The lowest BCUT2D eigenvalue weighted by Gasteiger charge is -2.32. The van der Waals surface area contributed by atoms with Gasteiger partial charge in [-0.1, -0.05) is 18.2 Å². The molecule has 3 aromatic carbocycles. The topological polar surface area (TPSA) is 138 Å². The van der Waals surface area contributed by atoms with Crippen LogP contribution in [0.15, 0.2) is 54.6 Å². The van der Waals surface area contributed by atoms with Crippen molar-refractivity contribution in [3.05, 3.63) is 94.0 Å². The number of benzene rings is 3. The Morgan fingerprint density at radius 2 is 0.939 bits per heavy atom. The highest BCUT2D eigenvalue weighted by atomic mass is 19.1. The molecular formula is C35H41B2F2N3O7. The number of nitrogens with one attached hydrogen (secondary N) is 2.